The molecule has 0 saturated heterocycles. The maximum Gasteiger partial charge on any atom is 0.267 e. The second-order valence-electron chi connectivity index (χ2n) is 6.33. The van der Waals surface area contributed by atoms with Gasteiger partial charge in [0, 0.05) is 19.3 Å². The predicted octanol–water partition coefficient (Wildman–Crippen LogP) is 1.57. The van der Waals surface area contributed by atoms with Crippen LogP contribution in [0.25, 0.3) is 0 Å². The molecule has 1 aliphatic rings. The minimum Gasteiger partial charge on any atom is -0.351 e. The van der Waals surface area contributed by atoms with Crippen LogP contribution in [0.1, 0.15) is 44.1 Å². The number of hydrogen-bond donors (Lipinski definition) is 3. The minimum absolute atomic E-state index is 0.0661. The molecule has 6 nitrogen and oxygen atoms in total. The third-order valence-electron chi connectivity index (χ3n) is 3.91. The van der Waals surface area contributed by atoms with Gasteiger partial charge in [0.2, 0.25) is 5.91 Å². The van der Waals surface area contributed by atoms with Crippen molar-refractivity contribution in [3.63, 3.8) is 0 Å². The van der Waals surface area contributed by atoms with E-state index in [9.17, 15) is 9.59 Å². The van der Waals surface area contributed by atoms with Crippen LogP contribution in [0, 0.1) is 11.8 Å². The van der Waals surface area contributed by atoms with Gasteiger partial charge < -0.3 is 20.9 Å². The van der Waals surface area contributed by atoms with E-state index in [1.54, 1.807) is 6.07 Å². The van der Waals surface area contributed by atoms with Gasteiger partial charge in [-0.05, 0) is 37.7 Å². The number of nitrogens with zero attached hydrogens (tertiary/aromatic N) is 1. The van der Waals surface area contributed by atoms with Gasteiger partial charge in [-0.25, -0.2) is 0 Å². The van der Waals surface area contributed by atoms with Crippen molar-refractivity contribution < 1.29 is 9.59 Å². The topological polar surface area (TPSA) is 89.2 Å². The first-order valence-electron chi connectivity index (χ1n) is 7.97. The predicted molar refractivity (Wildman–Crippen MR) is 86.6 cm³/mol. The molecule has 0 spiro atoms. The Morgan fingerprint density at radius 2 is 2.09 bits per heavy atom. The summed E-state index contributed by atoms with van der Waals surface area (Å²) in [6, 6.07) is 1.16. The number of rotatable bonds is 7. The van der Waals surface area contributed by atoms with Crippen molar-refractivity contribution >= 4 is 17.5 Å². The highest BCUT2D eigenvalue weighted by Crippen LogP contribution is 2.32. The largest absolute Gasteiger partial charge is 0.351 e. The molecule has 1 aliphatic carbocycles. The lowest BCUT2D eigenvalue weighted by Crippen LogP contribution is -2.39. The van der Waals surface area contributed by atoms with Crippen molar-refractivity contribution in [1.29, 1.82) is 0 Å². The van der Waals surface area contributed by atoms with E-state index in [4.69, 9.17) is 5.73 Å². The standard InChI is InChI=1S/C16H26N4O2/c1-4-18-15(21)13-7-12(9-20(13)8-11-5-6-11)19-16(22)14(17)10(2)3/h7,9-11,14H,4-6,8,17H2,1-3H3,(H,18,21)(H,19,22). The van der Waals surface area contributed by atoms with Crippen LogP contribution in [0.15, 0.2) is 12.3 Å². The number of aromatic nitrogens is 1. The Balaban J connectivity index is 2.14. The number of hydrogen-bond acceptors (Lipinski definition) is 3. The molecule has 0 aliphatic heterocycles. The van der Waals surface area contributed by atoms with Crippen LogP contribution in [-0.4, -0.2) is 29.0 Å². The van der Waals surface area contributed by atoms with Gasteiger partial charge in [0.05, 0.1) is 11.7 Å². The van der Waals surface area contributed by atoms with Gasteiger partial charge >= 0.3 is 0 Å². The third-order valence-corrected chi connectivity index (χ3v) is 3.91. The van der Waals surface area contributed by atoms with Crippen molar-refractivity contribution in [3.8, 4) is 0 Å². The van der Waals surface area contributed by atoms with E-state index in [0.717, 1.165) is 6.54 Å². The molecule has 2 rings (SSSR count). The van der Waals surface area contributed by atoms with Crippen molar-refractivity contribution in [3.05, 3.63) is 18.0 Å². The van der Waals surface area contributed by atoms with E-state index in [2.05, 4.69) is 10.6 Å². The Morgan fingerprint density at radius 3 is 2.64 bits per heavy atom. The molecule has 4 N–H and O–H groups in total. The maximum atomic E-state index is 12.1. The molecular weight excluding hydrogens is 280 g/mol. The highest BCUT2D eigenvalue weighted by atomic mass is 16.2. The Bertz CT molecular complexity index is 546. The molecule has 1 aromatic rings. The second-order valence-corrected chi connectivity index (χ2v) is 6.33. The van der Waals surface area contributed by atoms with Gasteiger partial charge in [0.15, 0.2) is 0 Å². The van der Waals surface area contributed by atoms with Crippen LogP contribution < -0.4 is 16.4 Å². The van der Waals surface area contributed by atoms with Crippen LogP contribution in [0.3, 0.4) is 0 Å². The van der Waals surface area contributed by atoms with Crippen LogP contribution in [0.4, 0.5) is 5.69 Å². The molecule has 0 radical (unpaired) electrons. The van der Waals surface area contributed by atoms with Crippen LogP contribution in [-0.2, 0) is 11.3 Å². The van der Waals surface area contributed by atoms with Crippen molar-refractivity contribution in [2.75, 3.05) is 11.9 Å². The second kappa shape index (κ2) is 6.96. The first-order valence-corrected chi connectivity index (χ1v) is 7.97. The monoisotopic (exact) mass is 306 g/mol. The lowest BCUT2D eigenvalue weighted by Gasteiger charge is -2.14. The molecule has 0 bridgehead atoms. The summed E-state index contributed by atoms with van der Waals surface area (Å²) >= 11 is 0. The number of nitrogens with two attached hydrogens (primary N) is 1. The summed E-state index contributed by atoms with van der Waals surface area (Å²) in [5, 5.41) is 5.62. The van der Waals surface area contributed by atoms with Gasteiger partial charge in [-0.3, -0.25) is 9.59 Å². The Hall–Kier alpha value is -1.82. The fraction of sp³-hybridized carbons (Fsp3) is 0.625. The molecule has 1 fully saturated rings. The number of carbonyl (C=O) groups is 2. The summed E-state index contributed by atoms with van der Waals surface area (Å²) in [4.78, 5) is 24.2. The molecule has 22 heavy (non-hydrogen) atoms. The maximum absolute atomic E-state index is 12.1. The molecule has 2 amide bonds. The van der Waals surface area contributed by atoms with E-state index < -0.39 is 6.04 Å². The summed E-state index contributed by atoms with van der Waals surface area (Å²) in [5.74, 6) is 0.372. The van der Waals surface area contributed by atoms with Gasteiger partial charge in [-0.15, -0.1) is 0 Å². The zero-order valence-corrected chi connectivity index (χ0v) is 13.6. The number of nitrogens with one attached hydrogen (secondary N) is 2. The first-order chi connectivity index (χ1) is 10.4. The molecule has 1 aromatic heterocycles. The van der Waals surface area contributed by atoms with E-state index in [1.807, 2.05) is 31.5 Å². The Kier molecular flexibility index (Phi) is 5.24. The van der Waals surface area contributed by atoms with Gasteiger partial charge in [-0.2, -0.15) is 0 Å². The lowest BCUT2D eigenvalue weighted by atomic mass is 10.1. The average molecular weight is 306 g/mol. The third kappa shape index (κ3) is 4.10. The summed E-state index contributed by atoms with van der Waals surface area (Å²) in [6.07, 6.45) is 4.23. The van der Waals surface area contributed by atoms with Crippen LogP contribution in [0.2, 0.25) is 0 Å². The zero-order valence-electron chi connectivity index (χ0n) is 13.6. The van der Waals surface area contributed by atoms with Gasteiger partial charge in [-0.1, -0.05) is 13.8 Å². The molecule has 1 atom stereocenters. The molecule has 1 heterocycles. The van der Waals surface area contributed by atoms with E-state index in [0.29, 0.717) is 23.8 Å². The van der Waals surface area contributed by atoms with Crippen molar-refractivity contribution in [1.82, 2.24) is 9.88 Å². The van der Waals surface area contributed by atoms with Gasteiger partial charge in [0.25, 0.3) is 5.91 Å². The fourth-order valence-electron chi connectivity index (χ4n) is 2.28. The normalized spacial score (nSPS) is 15.7. The highest BCUT2D eigenvalue weighted by Gasteiger charge is 2.25. The summed E-state index contributed by atoms with van der Waals surface area (Å²) in [7, 11) is 0. The molecular formula is C16H26N4O2. The number of amides is 2. The molecule has 0 aromatic carbocycles. The summed E-state index contributed by atoms with van der Waals surface area (Å²) in [6.45, 7) is 7.09. The van der Waals surface area contributed by atoms with Crippen molar-refractivity contribution in [2.24, 2.45) is 17.6 Å². The van der Waals surface area contributed by atoms with Gasteiger partial charge in [0.1, 0.15) is 5.69 Å². The van der Waals surface area contributed by atoms with E-state index >= 15 is 0 Å². The molecule has 1 saturated carbocycles. The summed E-state index contributed by atoms with van der Waals surface area (Å²) in [5.41, 5.74) is 7.07. The molecule has 6 heteroatoms. The highest BCUT2D eigenvalue weighted by molar-refractivity contribution is 5.98. The molecule has 122 valence electrons. The minimum atomic E-state index is -0.556. The van der Waals surface area contributed by atoms with Crippen LogP contribution in [0.5, 0.6) is 0 Å². The fourth-order valence-corrected chi connectivity index (χ4v) is 2.28. The van der Waals surface area contributed by atoms with Crippen molar-refractivity contribution in [2.45, 2.75) is 46.2 Å². The Morgan fingerprint density at radius 1 is 1.41 bits per heavy atom. The van der Waals surface area contributed by atoms with E-state index in [1.165, 1.54) is 12.8 Å². The number of carbonyl (C=O) groups excluding carboxylic acids is 2. The Labute approximate surface area is 131 Å². The smallest absolute Gasteiger partial charge is 0.267 e. The average Bonchev–Trinajstić information content (AvgIpc) is 3.18. The summed E-state index contributed by atoms with van der Waals surface area (Å²) < 4.78 is 1.93. The van der Waals surface area contributed by atoms with Crippen LogP contribution >= 0.6 is 0 Å². The lowest BCUT2D eigenvalue weighted by molar-refractivity contribution is -0.118. The van der Waals surface area contributed by atoms with E-state index in [-0.39, 0.29) is 17.7 Å². The quantitative estimate of drug-likeness (QED) is 0.714. The zero-order chi connectivity index (χ0) is 16.3. The SMILES string of the molecule is CCNC(=O)c1cc(NC(=O)C(N)C(C)C)cn1CC1CC1. The molecule has 1 unspecified atom stereocenters. The first kappa shape index (κ1) is 16.5. The number of anilines is 1.